The molecule has 0 bridgehead atoms. The van der Waals surface area contributed by atoms with Gasteiger partial charge in [0.1, 0.15) is 0 Å². The third-order valence-corrected chi connectivity index (χ3v) is 3.87. The second-order valence-corrected chi connectivity index (χ2v) is 5.21. The zero-order valence-electron chi connectivity index (χ0n) is 11.8. The van der Waals surface area contributed by atoms with Gasteiger partial charge in [-0.1, -0.05) is 6.42 Å². The topological polar surface area (TPSA) is 57.2 Å². The van der Waals surface area contributed by atoms with Crippen molar-refractivity contribution in [1.29, 1.82) is 0 Å². The van der Waals surface area contributed by atoms with E-state index >= 15 is 0 Å². The van der Waals surface area contributed by atoms with Crippen molar-refractivity contribution in [3.8, 4) is 0 Å². The summed E-state index contributed by atoms with van der Waals surface area (Å²) in [5, 5.41) is 0. The minimum Gasteiger partial charge on any atom is -0.385 e. The number of methoxy groups -OCH3 is 1. The van der Waals surface area contributed by atoms with Crippen LogP contribution in [-0.4, -0.2) is 18.3 Å². The van der Waals surface area contributed by atoms with Gasteiger partial charge >= 0.3 is 0 Å². The van der Waals surface area contributed by atoms with Crippen LogP contribution in [0.1, 0.15) is 42.5 Å². The van der Waals surface area contributed by atoms with Gasteiger partial charge in [0.05, 0.1) is 0 Å². The van der Waals surface area contributed by atoms with Crippen LogP contribution in [0.3, 0.4) is 0 Å². The van der Waals surface area contributed by atoms with Crippen molar-refractivity contribution in [1.82, 2.24) is 4.57 Å². The first-order valence-corrected chi connectivity index (χ1v) is 7.21. The Bertz CT molecular complexity index is 480. The van der Waals surface area contributed by atoms with Gasteiger partial charge in [-0.3, -0.25) is 4.79 Å². The molecule has 0 unspecified atom stereocenters. The Labute approximate surface area is 114 Å². The molecular formula is C15H24N2O2. The highest BCUT2D eigenvalue weighted by Gasteiger charge is 2.15. The van der Waals surface area contributed by atoms with E-state index in [-0.39, 0.29) is 5.56 Å². The van der Waals surface area contributed by atoms with E-state index in [1.807, 2.05) is 10.6 Å². The van der Waals surface area contributed by atoms with Gasteiger partial charge in [-0.05, 0) is 43.7 Å². The summed E-state index contributed by atoms with van der Waals surface area (Å²) in [7, 11) is 1.69. The first-order valence-electron chi connectivity index (χ1n) is 7.21. The average molecular weight is 264 g/mol. The molecule has 0 atom stereocenters. The third-order valence-electron chi connectivity index (χ3n) is 3.87. The first-order chi connectivity index (χ1) is 9.27. The molecule has 0 fully saturated rings. The average Bonchev–Trinajstić information content (AvgIpc) is 2.66. The van der Waals surface area contributed by atoms with Crippen LogP contribution in [-0.2, 0) is 30.7 Å². The molecule has 0 saturated heterocycles. The number of hydrogen-bond acceptors (Lipinski definition) is 3. The number of rotatable bonds is 5. The molecule has 19 heavy (non-hydrogen) atoms. The van der Waals surface area contributed by atoms with Crippen molar-refractivity contribution in [2.75, 3.05) is 13.7 Å². The van der Waals surface area contributed by atoms with Crippen molar-refractivity contribution in [2.45, 2.75) is 51.6 Å². The molecule has 0 saturated carbocycles. The molecule has 0 radical (unpaired) electrons. The quantitative estimate of drug-likeness (QED) is 0.649. The molecule has 1 aliphatic rings. The van der Waals surface area contributed by atoms with Crippen LogP contribution < -0.4 is 11.3 Å². The van der Waals surface area contributed by atoms with Crippen LogP contribution in [0.2, 0.25) is 0 Å². The summed E-state index contributed by atoms with van der Waals surface area (Å²) in [5.74, 6) is 0. The predicted octanol–water partition coefficient (Wildman–Crippen LogP) is 1.61. The number of aryl methyl sites for hydroxylation is 1. The van der Waals surface area contributed by atoms with E-state index < -0.39 is 0 Å². The molecule has 1 aliphatic carbocycles. The van der Waals surface area contributed by atoms with Crippen LogP contribution in [0.25, 0.3) is 0 Å². The lowest BCUT2D eigenvalue weighted by molar-refractivity contribution is 0.189. The fourth-order valence-corrected chi connectivity index (χ4v) is 2.87. The summed E-state index contributed by atoms with van der Waals surface area (Å²) >= 11 is 0. The Kier molecular flexibility index (Phi) is 5.16. The summed E-state index contributed by atoms with van der Waals surface area (Å²) in [5.41, 5.74) is 9.11. The van der Waals surface area contributed by atoms with Gasteiger partial charge in [0.25, 0.3) is 5.56 Å². The molecule has 4 heteroatoms. The molecule has 0 aliphatic heterocycles. The Morgan fingerprint density at radius 1 is 1.32 bits per heavy atom. The van der Waals surface area contributed by atoms with Crippen molar-refractivity contribution in [3.63, 3.8) is 0 Å². The molecule has 0 amide bonds. The van der Waals surface area contributed by atoms with Crippen LogP contribution in [0, 0.1) is 0 Å². The van der Waals surface area contributed by atoms with E-state index in [0.29, 0.717) is 13.2 Å². The van der Waals surface area contributed by atoms with Gasteiger partial charge in [-0.25, -0.2) is 0 Å². The van der Waals surface area contributed by atoms with E-state index in [1.165, 1.54) is 30.5 Å². The van der Waals surface area contributed by atoms with E-state index in [2.05, 4.69) is 0 Å². The Balaban J connectivity index is 2.38. The Morgan fingerprint density at radius 3 is 2.84 bits per heavy atom. The molecule has 1 aromatic rings. The Morgan fingerprint density at radius 2 is 2.11 bits per heavy atom. The van der Waals surface area contributed by atoms with Crippen molar-refractivity contribution < 1.29 is 4.74 Å². The molecule has 1 aromatic heterocycles. The first kappa shape index (κ1) is 14.3. The lowest BCUT2D eigenvalue weighted by atomic mass is 10.1. The van der Waals surface area contributed by atoms with Crippen LogP contribution >= 0.6 is 0 Å². The summed E-state index contributed by atoms with van der Waals surface area (Å²) in [6.07, 6.45) is 6.61. The third kappa shape index (κ3) is 3.25. The number of aromatic nitrogens is 1. The number of hydrogen-bond donors (Lipinski definition) is 1. The molecule has 2 rings (SSSR count). The molecular weight excluding hydrogens is 240 g/mol. The number of pyridine rings is 1. The minimum absolute atomic E-state index is 0.0965. The highest BCUT2D eigenvalue weighted by molar-refractivity contribution is 5.28. The Hall–Kier alpha value is -1.13. The molecule has 2 N–H and O–H groups in total. The van der Waals surface area contributed by atoms with E-state index in [9.17, 15) is 4.79 Å². The fraction of sp³-hybridized carbons (Fsp3) is 0.667. The maximum absolute atomic E-state index is 12.4. The number of nitrogens with zero attached hydrogens (tertiary/aromatic N) is 1. The normalized spacial score (nSPS) is 15.1. The second-order valence-electron chi connectivity index (χ2n) is 5.21. The lowest BCUT2D eigenvalue weighted by Gasteiger charge is -2.17. The second kappa shape index (κ2) is 6.87. The molecule has 0 spiro atoms. The molecule has 0 aromatic carbocycles. The monoisotopic (exact) mass is 264 g/mol. The van der Waals surface area contributed by atoms with Crippen molar-refractivity contribution in [2.24, 2.45) is 5.73 Å². The highest BCUT2D eigenvalue weighted by atomic mass is 16.5. The predicted molar refractivity (Wildman–Crippen MR) is 76.3 cm³/mol. The van der Waals surface area contributed by atoms with Crippen LogP contribution in [0.4, 0.5) is 0 Å². The number of fused-ring (bicyclic) bond motifs is 1. The number of nitrogens with two attached hydrogens (primary N) is 1. The zero-order valence-corrected chi connectivity index (χ0v) is 11.8. The fourth-order valence-electron chi connectivity index (χ4n) is 2.87. The molecule has 1 heterocycles. The highest BCUT2D eigenvalue weighted by Crippen LogP contribution is 2.20. The largest absolute Gasteiger partial charge is 0.385 e. The summed E-state index contributed by atoms with van der Waals surface area (Å²) < 4.78 is 7.03. The molecule has 106 valence electrons. The van der Waals surface area contributed by atoms with E-state index in [4.69, 9.17) is 10.5 Å². The maximum atomic E-state index is 12.4. The van der Waals surface area contributed by atoms with E-state index in [1.54, 1.807) is 7.11 Å². The van der Waals surface area contributed by atoms with Crippen LogP contribution in [0.5, 0.6) is 0 Å². The summed E-state index contributed by atoms with van der Waals surface area (Å²) in [4.78, 5) is 12.4. The SMILES string of the molecule is COCCCn1c2c(cc(CN)c1=O)CCCCC2. The summed E-state index contributed by atoms with van der Waals surface area (Å²) in [6, 6.07) is 2.04. The van der Waals surface area contributed by atoms with E-state index in [0.717, 1.165) is 31.4 Å². The maximum Gasteiger partial charge on any atom is 0.255 e. The van der Waals surface area contributed by atoms with Gasteiger partial charge < -0.3 is 15.0 Å². The number of ether oxygens (including phenoxy) is 1. The van der Waals surface area contributed by atoms with Gasteiger partial charge in [0.15, 0.2) is 0 Å². The van der Waals surface area contributed by atoms with Gasteiger partial charge in [-0.2, -0.15) is 0 Å². The summed E-state index contributed by atoms with van der Waals surface area (Å²) in [6.45, 7) is 1.76. The smallest absolute Gasteiger partial charge is 0.255 e. The van der Waals surface area contributed by atoms with Gasteiger partial charge in [0, 0.05) is 38.1 Å². The van der Waals surface area contributed by atoms with Crippen LogP contribution in [0.15, 0.2) is 10.9 Å². The minimum atomic E-state index is 0.0965. The van der Waals surface area contributed by atoms with Crippen molar-refractivity contribution >= 4 is 0 Å². The lowest BCUT2D eigenvalue weighted by Crippen LogP contribution is -2.29. The molecule has 4 nitrogen and oxygen atoms in total. The van der Waals surface area contributed by atoms with Gasteiger partial charge in [-0.15, -0.1) is 0 Å². The zero-order chi connectivity index (χ0) is 13.7. The standard InChI is InChI=1S/C15H24N2O2/c1-19-9-5-8-17-14-7-4-2-3-6-12(14)10-13(11-16)15(17)18/h10H,2-9,11,16H2,1H3. The van der Waals surface area contributed by atoms with Gasteiger partial charge in [0.2, 0.25) is 0 Å². The van der Waals surface area contributed by atoms with Crippen molar-refractivity contribution in [3.05, 3.63) is 33.2 Å².